The number of halogens is 2. The van der Waals surface area contributed by atoms with Crippen molar-refractivity contribution < 1.29 is 14.0 Å². The maximum Gasteiger partial charge on any atom is 0.272 e. The molecule has 0 spiro atoms. The van der Waals surface area contributed by atoms with Crippen molar-refractivity contribution in [3.8, 4) is 0 Å². The van der Waals surface area contributed by atoms with E-state index < -0.39 is 17.6 Å². The standard InChI is InChI=1S/C16H14FIN2O2/c1-9-6-7-11(8-13(9)18)15(21)19-20-16(22)14-10(2)4-3-5-12(14)17/h3-8H,1-2H3,(H,19,21)(H,20,22). The molecule has 2 aromatic rings. The Hall–Kier alpha value is -1.96. The van der Waals surface area contributed by atoms with Gasteiger partial charge in [0.1, 0.15) is 5.82 Å². The monoisotopic (exact) mass is 412 g/mol. The number of hydrazine groups is 1. The molecule has 0 aliphatic rings. The minimum atomic E-state index is -0.689. The summed E-state index contributed by atoms with van der Waals surface area (Å²) in [5.41, 5.74) is 6.41. The van der Waals surface area contributed by atoms with Crippen molar-refractivity contribution in [1.29, 1.82) is 0 Å². The van der Waals surface area contributed by atoms with Gasteiger partial charge in [0.2, 0.25) is 0 Å². The van der Waals surface area contributed by atoms with Crippen LogP contribution in [0.3, 0.4) is 0 Å². The van der Waals surface area contributed by atoms with E-state index >= 15 is 0 Å². The summed E-state index contributed by atoms with van der Waals surface area (Å²) in [6.07, 6.45) is 0. The molecule has 0 aromatic heterocycles. The van der Waals surface area contributed by atoms with Crippen molar-refractivity contribution in [3.05, 3.63) is 68.0 Å². The summed E-state index contributed by atoms with van der Waals surface area (Å²) in [5, 5.41) is 0. The Balaban J connectivity index is 2.07. The molecule has 0 atom stereocenters. The van der Waals surface area contributed by atoms with E-state index in [1.165, 1.54) is 12.1 Å². The van der Waals surface area contributed by atoms with Crippen LogP contribution in [0.25, 0.3) is 0 Å². The molecular formula is C16H14FIN2O2. The predicted octanol–water partition coefficient (Wildman–Crippen LogP) is 3.12. The highest BCUT2D eigenvalue weighted by atomic mass is 127. The summed E-state index contributed by atoms with van der Waals surface area (Å²) in [7, 11) is 0. The lowest BCUT2D eigenvalue weighted by Gasteiger charge is -2.10. The maximum absolute atomic E-state index is 13.7. The van der Waals surface area contributed by atoms with Crippen LogP contribution in [0, 0.1) is 23.2 Å². The average Bonchev–Trinajstić information content (AvgIpc) is 2.47. The molecule has 0 saturated heterocycles. The van der Waals surface area contributed by atoms with Crippen molar-refractivity contribution in [1.82, 2.24) is 10.9 Å². The molecule has 0 saturated carbocycles. The minimum Gasteiger partial charge on any atom is -0.267 e. The van der Waals surface area contributed by atoms with Gasteiger partial charge in [0, 0.05) is 9.13 Å². The normalized spacial score (nSPS) is 10.2. The van der Waals surface area contributed by atoms with Crippen molar-refractivity contribution in [2.45, 2.75) is 13.8 Å². The molecule has 0 fully saturated rings. The van der Waals surface area contributed by atoms with Crippen LogP contribution in [-0.4, -0.2) is 11.8 Å². The summed E-state index contributed by atoms with van der Waals surface area (Å²) < 4.78 is 14.6. The molecule has 2 rings (SSSR count). The molecule has 0 unspecified atom stereocenters. The fraction of sp³-hybridized carbons (Fsp3) is 0.125. The van der Waals surface area contributed by atoms with Crippen LogP contribution in [-0.2, 0) is 0 Å². The number of hydrogen-bond acceptors (Lipinski definition) is 2. The van der Waals surface area contributed by atoms with Gasteiger partial charge in [-0.15, -0.1) is 0 Å². The molecule has 4 nitrogen and oxygen atoms in total. The van der Waals surface area contributed by atoms with Gasteiger partial charge in [-0.3, -0.25) is 20.4 Å². The van der Waals surface area contributed by atoms with Crippen molar-refractivity contribution in [3.63, 3.8) is 0 Å². The zero-order valence-corrected chi connectivity index (χ0v) is 14.2. The maximum atomic E-state index is 13.7. The number of carbonyl (C=O) groups is 2. The van der Waals surface area contributed by atoms with E-state index in [0.29, 0.717) is 11.1 Å². The van der Waals surface area contributed by atoms with Crippen LogP contribution < -0.4 is 10.9 Å². The second-order valence-corrected chi connectivity index (χ2v) is 5.97. The van der Waals surface area contributed by atoms with Gasteiger partial charge in [-0.1, -0.05) is 18.2 Å². The number of rotatable bonds is 2. The highest BCUT2D eigenvalue weighted by molar-refractivity contribution is 14.1. The van der Waals surface area contributed by atoms with Gasteiger partial charge < -0.3 is 0 Å². The van der Waals surface area contributed by atoms with E-state index in [1.807, 2.05) is 13.0 Å². The van der Waals surface area contributed by atoms with Crippen LogP contribution in [0.2, 0.25) is 0 Å². The van der Waals surface area contributed by atoms with Crippen LogP contribution in [0.5, 0.6) is 0 Å². The molecule has 0 aliphatic heterocycles. The smallest absolute Gasteiger partial charge is 0.267 e. The number of hydrogen-bond donors (Lipinski definition) is 2. The second kappa shape index (κ2) is 6.87. The lowest BCUT2D eigenvalue weighted by molar-refractivity contribution is 0.0844. The minimum absolute atomic E-state index is 0.0821. The van der Waals surface area contributed by atoms with E-state index in [4.69, 9.17) is 0 Å². The summed E-state index contributed by atoms with van der Waals surface area (Å²) in [5.74, 6) is -1.78. The Bertz CT molecular complexity index is 727. The Morgan fingerprint density at radius 3 is 2.32 bits per heavy atom. The van der Waals surface area contributed by atoms with Gasteiger partial charge in [-0.05, 0) is 65.8 Å². The number of amides is 2. The molecule has 2 N–H and O–H groups in total. The molecule has 0 bridgehead atoms. The summed E-state index contributed by atoms with van der Waals surface area (Å²) >= 11 is 2.13. The molecule has 114 valence electrons. The summed E-state index contributed by atoms with van der Waals surface area (Å²) in [4.78, 5) is 24.0. The summed E-state index contributed by atoms with van der Waals surface area (Å²) in [6.45, 7) is 3.56. The molecule has 0 heterocycles. The number of aryl methyl sites for hydroxylation is 2. The van der Waals surface area contributed by atoms with Crippen LogP contribution in [0.4, 0.5) is 4.39 Å². The van der Waals surface area contributed by atoms with Crippen molar-refractivity contribution in [2.24, 2.45) is 0 Å². The van der Waals surface area contributed by atoms with E-state index in [9.17, 15) is 14.0 Å². The first-order valence-corrected chi connectivity index (χ1v) is 7.60. The van der Waals surface area contributed by atoms with Gasteiger partial charge in [-0.2, -0.15) is 0 Å². The van der Waals surface area contributed by atoms with E-state index in [1.54, 1.807) is 25.1 Å². The third-order valence-corrected chi connectivity index (χ3v) is 4.33. The summed E-state index contributed by atoms with van der Waals surface area (Å²) in [6, 6.07) is 9.54. The Kier molecular flexibility index (Phi) is 5.12. The zero-order valence-electron chi connectivity index (χ0n) is 12.0. The number of benzene rings is 2. The van der Waals surface area contributed by atoms with Crippen LogP contribution >= 0.6 is 22.6 Å². The van der Waals surface area contributed by atoms with E-state index in [2.05, 4.69) is 33.4 Å². The van der Waals surface area contributed by atoms with Gasteiger partial charge in [0.05, 0.1) is 5.56 Å². The highest BCUT2D eigenvalue weighted by Gasteiger charge is 2.15. The Morgan fingerprint density at radius 1 is 1.00 bits per heavy atom. The first kappa shape index (κ1) is 16.4. The quantitative estimate of drug-likeness (QED) is 0.589. The van der Waals surface area contributed by atoms with Crippen molar-refractivity contribution in [2.75, 3.05) is 0 Å². The first-order chi connectivity index (χ1) is 10.4. The average molecular weight is 412 g/mol. The van der Waals surface area contributed by atoms with Crippen LogP contribution in [0.1, 0.15) is 31.8 Å². The van der Waals surface area contributed by atoms with Crippen LogP contribution in [0.15, 0.2) is 36.4 Å². The molecule has 0 aliphatic carbocycles. The Morgan fingerprint density at radius 2 is 1.68 bits per heavy atom. The van der Waals surface area contributed by atoms with Gasteiger partial charge in [0.25, 0.3) is 11.8 Å². The first-order valence-electron chi connectivity index (χ1n) is 6.52. The van der Waals surface area contributed by atoms with Gasteiger partial charge in [-0.25, -0.2) is 4.39 Å². The topological polar surface area (TPSA) is 58.2 Å². The largest absolute Gasteiger partial charge is 0.272 e. The molecule has 6 heteroatoms. The highest BCUT2D eigenvalue weighted by Crippen LogP contribution is 2.14. The Labute approximate surface area is 141 Å². The molecule has 0 radical (unpaired) electrons. The fourth-order valence-electron chi connectivity index (χ4n) is 1.90. The zero-order chi connectivity index (χ0) is 16.3. The lowest BCUT2D eigenvalue weighted by atomic mass is 10.1. The SMILES string of the molecule is Cc1ccc(C(=O)NNC(=O)c2c(C)cccc2F)cc1I. The van der Waals surface area contributed by atoms with Crippen molar-refractivity contribution >= 4 is 34.4 Å². The third-order valence-electron chi connectivity index (χ3n) is 3.17. The predicted molar refractivity (Wildman–Crippen MR) is 90.0 cm³/mol. The van der Waals surface area contributed by atoms with Gasteiger partial charge in [0.15, 0.2) is 0 Å². The molecular weight excluding hydrogens is 398 g/mol. The van der Waals surface area contributed by atoms with E-state index in [0.717, 1.165) is 9.13 Å². The second-order valence-electron chi connectivity index (χ2n) is 4.80. The third kappa shape index (κ3) is 3.62. The lowest BCUT2D eigenvalue weighted by Crippen LogP contribution is -2.42. The number of nitrogens with one attached hydrogen (secondary N) is 2. The molecule has 2 aromatic carbocycles. The van der Waals surface area contributed by atoms with Gasteiger partial charge >= 0.3 is 0 Å². The molecule has 2 amide bonds. The number of carbonyl (C=O) groups excluding carboxylic acids is 2. The fourth-order valence-corrected chi connectivity index (χ4v) is 2.42. The molecule has 22 heavy (non-hydrogen) atoms. The van der Waals surface area contributed by atoms with E-state index in [-0.39, 0.29) is 5.56 Å².